The van der Waals surface area contributed by atoms with E-state index in [1.165, 1.54) is 0 Å². The molecule has 1 atom stereocenters. The van der Waals surface area contributed by atoms with Crippen molar-refractivity contribution in [1.29, 1.82) is 0 Å². The molecule has 0 bridgehead atoms. The van der Waals surface area contributed by atoms with Crippen molar-refractivity contribution in [2.75, 3.05) is 5.32 Å². The first kappa shape index (κ1) is 14.4. The predicted octanol–water partition coefficient (Wildman–Crippen LogP) is 2.75. The van der Waals surface area contributed by atoms with E-state index >= 15 is 0 Å². The molecule has 2 aromatic rings. The molecule has 1 unspecified atom stereocenters. The number of aliphatic hydroxyl groups excluding tert-OH is 1. The van der Waals surface area contributed by atoms with Crippen LogP contribution in [0.15, 0.2) is 65.6 Å². The Kier molecular flexibility index (Phi) is 3.73. The number of nitrogens with one attached hydrogen (secondary N) is 1. The summed E-state index contributed by atoms with van der Waals surface area (Å²) in [4.78, 5) is 0. The van der Waals surface area contributed by atoms with Gasteiger partial charge in [-0.15, -0.1) is 0 Å². The lowest BCUT2D eigenvalue weighted by molar-refractivity contribution is -0.306. The average Bonchev–Trinajstić information content (AvgIpc) is 2.53. The molecular formula is C19H18NO2-. The summed E-state index contributed by atoms with van der Waals surface area (Å²) in [7, 11) is 0. The van der Waals surface area contributed by atoms with E-state index in [9.17, 15) is 10.2 Å². The molecule has 1 aliphatic rings. The van der Waals surface area contributed by atoms with Crippen LogP contribution in [-0.4, -0.2) is 11.2 Å². The second kappa shape index (κ2) is 5.70. The summed E-state index contributed by atoms with van der Waals surface area (Å²) >= 11 is 0. The van der Waals surface area contributed by atoms with Crippen LogP contribution in [0.5, 0.6) is 0 Å². The maximum atomic E-state index is 12.2. The first-order valence-corrected chi connectivity index (χ1v) is 7.26. The number of aliphatic hydroxyl groups is 1. The first-order valence-electron chi connectivity index (χ1n) is 7.26. The molecule has 0 spiro atoms. The van der Waals surface area contributed by atoms with E-state index in [-0.39, 0.29) is 5.76 Å². The summed E-state index contributed by atoms with van der Waals surface area (Å²) in [6, 6.07) is 15.5. The van der Waals surface area contributed by atoms with E-state index in [1.54, 1.807) is 6.08 Å². The number of rotatable bonds is 3. The summed E-state index contributed by atoms with van der Waals surface area (Å²) in [5, 5.41) is 25.4. The third kappa shape index (κ3) is 2.76. The molecule has 112 valence electrons. The minimum absolute atomic E-state index is 0.131. The van der Waals surface area contributed by atoms with Crippen LogP contribution < -0.4 is 10.4 Å². The number of aryl methyl sites for hydroxylation is 2. The van der Waals surface area contributed by atoms with Crippen molar-refractivity contribution in [1.82, 2.24) is 0 Å². The van der Waals surface area contributed by atoms with Gasteiger partial charge in [0, 0.05) is 11.4 Å². The van der Waals surface area contributed by atoms with Crippen molar-refractivity contribution in [3.05, 3.63) is 82.3 Å². The summed E-state index contributed by atoms with van der Waals surface area (Å²) in [5.74, 6) is -0.131. The SMILES string of the molecule is Cc1ccc(/C=C2/C([O-])=C(Nc3ccc(C)cc3)C2O)cc1. The molecule has 2 N–H and O–H groups in total. The Balaban J connectivity index is 1.81. The molecule has 1 aliphatic carbocycles. The van der Waals surface area contributed by atoms with Gasteiger partial charge in [-0.25, -0.2) is 0 Å². The zero-order valence-corrected chi connectivity index (χ0v) is 12.6. The Morgan fingerprint density at radius 2 is 1.50 bits per heavy atom. The summed E-state index contributed by atoms with van der Waals surface area (Å²) in [6.07, 6.45) is 0.891. The fourth-order valence-electron chi connectivity index (χ4n) is 2.39. The summed E-state index contributed by atoms with van der Waals surface area (Å²) < 4.78 is 0. The van der Waals surface area contributed by atoms with Gasteiger partial charge in [-0.3, -0.25) is 0 Å². The minimum Gasteiger partial charge on any atom is -0.871 e. The molecule has 0 aliphatic heterocycles. The van der Waals surface area contributed by atoms with Crippen LogP contribution in [0.2, 0.25) is 0 Å². The standard InChI is InChI=1S/C19H19NO2/c1-12-3-7-14(8-4-12)11-16-18(21)17(19(16)22)20-15-9-5-13(2)6-10-15/h3-11,18,20-22H,1-2H3/p-1/b16-11+. The Morgan fingerprint density at radius 1 is 0.955 bits per heavy atom. The second-order valence-corrected chi connectivity index (χ2v) is 5.65. The van der Waals surface area contributed by atoms with Crippen molar-refractivity contribution in [2.45, 2.75) is 20.0 Å². The molecule has 22 heavy (non-hydrogen) atoms. The third-order valence-electron chi connectivity index (χ3n) is 3.80. The molecular weight excluding hydrogens is 274 g/mol. The molecule has 0 radical (unpaired) electrons. The second-order valence-electron chi connectivity index (χ2n) is 5.65. The van der Waals surface area contributed by atoms with Crippen LogP contribution in [0.4, 0.5) is 5.69 Å². The van der Waals surface area contributed by atoms with Crippen LogP contribution in [-0.2, 0) is 0 Å². The van der Waals surface area contributed by atoms with Gasteiger partial charge < -0.3 is 15.5 Å². The lowest BCUT2D eigenvalue weighted by Gasteiger charge is -2.38. The van der Waals surface area contributed by atoms with Crippen LogP contribution in [0.3, 0.4) is 0 Å². The molecule has 3 rings (SSSR count). The molecule has 0 saturated carbocycles. The van der Waals surface area contributed by atoms with Crippen LogP contribution >= 0.6 is 0 Å². The monoisotopic (exact) mass is 292 g/mol. The van der Waals surface area contributed by atoms with Crippen molar-refractivity contribution >= 4 is 11.8 Å². The summed E-state index contributed by atoms with van der Waals surface area (Å²) in [6.45, 7) is 4.01. The number of hydrogen-bond donors (Lipinski definition) is 2. The minimum atomic E-state index is -0.852. The molecule has 0 amide bonds. The molecule has 0 fully saturated rings. The zero-order valence-electron chi connectivity index (χ0n) is 12.6. The fourth-order valence-corrected chi connectivity index (χ4v) is 2.39. The van der Waals surface area contributed by atoms with Gasteiger partial charge in [0.05, 0.1) is 0 Å². The highest BCUT2D eigenvalue weighted by molar-refractivity contribution is 5.69. The third-order valence-corrected chi connectivity index (χ3v) is 3.80. The smallest absolute Gasteiger partial charge is 0.118 e. The van der Waals surface area contributed by atoms with Gasteiger partial charge in [0.2, 0.25) is 0 Å². The van der Waals surface area contributed by atoms with Gasteiger partial charge in [-0.1, -0.05) is 53.3 Å². The van der Waals surface area contributed by atoms with E-state index in [0.29, 0.717) is 11.3 Å². The van der Waals surface area contributed by atoms with E-state index < -0.39 is 6.10 Å². The van der Waals surface area contributed by atoms with Crippen molar-refractivity contribution < 1.29 is 10.2 Å². The van der Waals surface area contributed by atoms with Gasteiger partial charge >= 0.3 is 0 Å². The average molecular weight is 292 g/mol. The van der Waals surface area contributed by atoms with Crippen LogP contribution in [0.25, 0.3) is 6.08 Å². The number of anilines is 1. The zero-order chi connectivity index (χ0) is 15.7. The molecule has 0 aromatic heterocycles. The highest BCUT2D eigenvalue weighted by Crippen LogP contribution is 2.33. The van der Waals surface area contributed by atoms with Crippen molar-refractivity contribution in [2.24, 2.45) is 0 Å². The topological polar surface area (TPSA) is 55.3 Å². The maximum absolute atomic E-state index is 12.2. The lowest BCUT2D eigenvalue weighted by Crippen LogP contribution is -2.37. The Hall–Kier alpha value is -2.52. The van der Waals surface area contributed by atoms with E-state index in [1.807, 2.05) is 62.4 Å². The molecule has 0 heterocycles. The van der Waals surface area contributed by atoms with Crippen LogP contribution in [0.1, 0.15) is 16.7 Å². The Morgan fingerprint density at radius 3 is 2.05 bits per heavy atom. The van der Waals surface area contributed by atoms with Gasteiger partial charge in [0.25, 0.3) is 0 Å². The Bertz CT molecular complexity index is 740. The van der Waals surface area contributed by atoms with Gasteiger partial charge in [-0.2, -0.15) is 0 Å². The Labute approximate surface area is 130 Å². The quantitative estimate of drug-likeness (QED) is 0.914. The highest BCUT2D eigenvalue weighted by atomic mass is 16.3. The van der Waals surface area contributed by atoms with Gasteiger partial charge in [0.1, 0.15) is 6.10 Å². The van der Waals surface area contributed by atoms with E-state index in [0.717, 1.165) is 22.4 Å². The van der Waals surface area contributed by atoms with Crippen molar-refractivity contribution in [3.8, 4) is 0 Å². The number of benzene rings is 2. The highest BCUT2D eigenvalue weighted by Gasteiger charge is 2.27. The lowest BCUT2D eigenvalue weighted by atomic mass is 9.89. The normalized spacial score (nSPS) is 19.2. The van der Waals surface area contributed by atoms with Crippen LogP contribution in [0, 0.1) is 13.8 Å². The van der Waals surface area contributed by atoms with E-state index in [2.05, 4.69) is 5.32 Å². The maximum Gasteiger partial charge on any atom is 0.118 e. The summed E-state index contributed by atoms with van der Waals surface area (Å²) in [5.41, 5.74) is 4.80. The van der Waals surface area contributed by atoms with Crippen molar-refractivity contribution in [3.63, 3.8) is 0 Å². The van der Waals surface area contributed by atoms with Gasteiger partial charge in [-0.05, 0) is 43.2 Å². The molecule has 3 heteroatoms. The molecule has 0 saturated heterocycles. The predicted molar refractivity (Wildman–Crippen MR) is 87.0 cm³/mol. The van der Waals surface area contributed by atoms with Gasteiger partial charge in [0.15, 0.2) is 0 Å². The largest absolute Gasteiger partial charge is 0.871 e. The molecule has 2 aromatic carbocycles. The molecule has 3 nitrogen and oxygen atoms in total. The fraction of sp³-hybridized carbons (Fsp3) is 0.158. The first-order chi connectivity index (χ1) is 10.5. The van der Waals surface area contributed by atoms with E-state index in [4.69, 9.17) is 0 Å². The number of hydrogen-bond acceptors (Lipinski definition) is 3.